The van der Waals surface area contributed by atoms with Crippen LogP contribution in [0, 0.1) is 0 Å². The SMILES string of the molecule is CC(C)(C)NCCCn1[nH]c(=O)ccc1=O. The van der Waals surface area contributed by atoms with E-state index in [0.717, 1.165) is 13.0 Å². The minimum atomic E-state index is -0.247. The molecule has 5 heteroatoms. The van der Waals surface area contributed by atoms with Gasteiger partial charge in [-0.2, -0.15) is 0 Å². The fourth-order valence-electron chi connectivity index (χ4n) is 1.33. The number of aromatic nitrogens is 2. The number of hydrogen-bond donors (Lipinski definition) is 2. The Balaban J connectivity index is 2.46. The number of nitrogens with one attached hydrogen (secondary N) is 2. The lowest BCUT2D eigenvalue weighted by Crippen LogP contribution is -2.37. The predicted octanol–water partition coefficient (Wildman–Crippen LogP) is 0.315. The average Bonchev–Trinajstić information content (AvgIpc) is 2.16. The maximum Gasteiger partial charge on any atom is 0.265 e. The highest BCUT2D eigenvalue weighted by Gasteiger charge is 2.07. The van der Waals surface area contributed by atoms with Crippen LogP contribution in [-0.4, -0.2) is 21.9 Å². The third kappa shape index (κ3) is 4.44. The first-order valence-corrected chi connectivity index (χ1v) is 5.44. The number of hydrogen-bond acceptors (Lipinski definition) is 3. The zero-order valence-corrected chi connectivity index (χ0v) is 10.0. The average molecular weight is 225 g/mol. The monoisotopic (exact) mass is 225 g/mol. The number of nitrogens with zero attached hydrogens (tertiary/aromatic N) is 1. The van der Waals surface area contributed by atoms with E-state index in [2.05, 4.69) is 31.2 Å². The second-order valence-corrected chi connectivity index (χ2v) is 4.83. The van der Waals surface area contributed by atoms with Gasteiger partial charge in [0, 0.05) is 24.2 Å². The summed E-state index contributed by atoms with van der Waals surface area (Å²) < 4.78 is 1.34. The molecule has 0 atom stereocenters. The maximum atomic E-state index is 11.3. The molecule has 0 aliphatic rings. The highest BCUT2D eigenvalue weighted by atomic mass is 16.1. The summed E-state index contributed by atoms with van der Waals surface area (Å²) in [7, 11) is 0. The predicted molar refractivity (Wildman–Crippen MR) is 63.7 cm³/mol. The lowest BCUT2D eigenvalue weighted by molar-refractivity contribution is 0.406. The molecule has 0 fully saturated rings. The van der Waals surface area contributed by atoms with Crippen LogP contribution < -0.4 is 16.4 Å². The van der Waals surface area contributed by atoms with E-state index < -0.39 is 0 Å². The fraction of sp³-hybridized carbons (Fsp3) is 0.636. The smallest absolute Gasteiger partial charge is 0.265 e. The molecule has 0 aliphatic carbocycles. The van der Waals surface area contributed by atoms with Gasteiger partial charge in [-0.1, -0.05) is 0 Å². The summed E-state index contributed by atoms with van der Waals surface area (Å²) in [6.07, 6.45) is 0.803. The summed E-state index contributed by atoms with van der Waals surface area (Å²) >= 11 is 0. The Kier molecular flexibility index (Phi) is 4.06. The van der Waals surface area contributed by atoms with Crippen LogP contribution in [0.5, 0.6) is 0 Å². The minimum Gasteiger partial charge on any atom is -0.312 e. The second kappa shape index (κ2) is 5.12. The van der Waals surface area contributed by atoms with Crippen molar-refractivity contribution >= 4 is 0 Å². The van der Waals surface area contributed by atoms with Crippen LogP contribution in [0.3, 0.4) is 0 Å². The number of rotatable bonds is 4. The molecule has 0 saturated heterocycles. The molecule has 0 amide bonds. The molecule has 0 radical (unpaired) electrons. The lowest BCUT2D eigenvalue weighted by atomic mass is 10.1. The number of aryl methyl sites for hydroxylation is 1. The van der Waals surface area contributed by atoms with Gasteiger partial charge in [-0.15, -0.1) is 0 Å². The van der Waals surface area contributed by atoms with Crippen molar-refractivity contribution in [3.8, 4) is 0 Å². The Morgan fingerprint density at radius 3 is 2.62 bits per heavy atom. The highest BCUT2D eigenvalue weighted by molar-refractivity contribution is 4.85. The molecule has 2 N–H and O–H groups in total. The summed E-state index contributed by atoms with van der Waals surface area (Å²) in [6.45, 7) is 7.60. The summed E-state index contributed by atoms with van der Waals surface area (Å²) in [4.78, 5) is 22.3. The Morgan fingerprint density at radius 1 is 1.31 bits per heavy atom. The van der Waals surface area contributed by atoms with E-state index in [4.69, 9.17) is 0 Å². The molecule has 5 nitrogen and oxygen atoms in total. The molecule has 0 spiro atoms. The standard InChI is InChI=1S/C11H19N3O2/c1-11(2,3)12-7-4-8-14-10(16)6-5-9(15)13-14/h5-6,12H,4,7-8H2,1-3H3,(H,13,15). The summed E-state index contributed by atoms with van der Waals surface area (Å²) in [5, 5.41) is 5.81. The second-order valence-electron chi connectivity index (χ2n) is 4.83. The van der Waals surface area contributed by atoms with Crippen molar-refractivity contribution in [3.05, 3.63) is 32.8 Å². The molecule has 1 rings (SSSR count). The molecule has 1 heterocycles. The molecule has 1 aromatic rings. The lowest BCUT2D eigenvalue weighted by Gasteiger charge is -2.20. The van der Waals surface area contributed by atoms with Crippen molar-refractivity contribution in [3.63, 3.8) is 0 Å². The Bertz CT molecular complexity index is 440. The van der Waals surface area contributed by atoms with Gasteiger partial charge < -0.3 is 5.32 Å². The van der Waals surface area contributed by atoms with E-state index in [1.807, 2.05) is 0 Å². The normalized spacial score (nSPS) is 11.7. The van der Waals surface area contributed by atoms with Crippen LogP contribution in [-0.2, 0) is 6.54 Å². The Labute approximate surface area is 94.5 Å². The van der Waals surface area contributed by atoms with E-state index in [9.17, 15) is 9.59 Å². The zero-order valence-electron chi connectivity index (χ0n) is 10.0. The topological polar surface area (TPSA) is 66.9 Å². The summed E-state index contributed by atoms with van der Waals surface area (Å²) in [5.74, 6) is 0. The van der Waals surface area contributed by atoms with Crippen molar-refractivity contribution in [1.29, 1.82) is 0 Å². The highest BCUT2D eigenvalue weighted by Crippen LogP contribution is 1.97. The first-order valence-electron chi connectivity index (χ1n) is 5.44. The molecule has 0 unspecified atom stereocenters. The molecule has 0 aliphatic heterocycles. The van der Waals surface area contributed by atoms with Crippen LogP contribution in [0.15, 0.2) is 21.7 Å². The summed E-state index contributed by atoms with van der Waals surface area (Å²) in [6, 6.07) is 2.53. The molecule has 16 heavy (non-hydrogen) atoms. The van der Waals surface area contributed by atoms with Gasteiger partial charge in [-0.3, -0.25) is 19.4 Å². The van der Waals surface area contributed by atoms with Crippen molar-refractivity contribution < 1.29 is 0 Å². The van der Waals surface area contributed by atoms with Crippen LogP contribution in [0.4, 0.5) is 0 Å². The van der Waals surface area contributed by atoms with Gasteiger partial charge in [-0.05, 0) is 33.7 Å². The largest absolute Gasteiger partial charge is 0.312 e. The van der Waals surface area contributed by atoms with Crippen LogP contribution >= 0.6 is 0 Å². The van der Waals surface area contributed by atoms with Crippen molar-refractivity contribution in [2.45, 2.75) is 39.3 Å². The maximum absolute atomic E-state index is 11.3. The Morgan fingerprint density at radius 2 is 2.00 bits per heavy atom. The van der Waals surface area contributed by atoms with Gasteiger partial charge in [0.1, 0.15) is 0 Å². The van der Waals surface area contributed by atoms with Gasteiger partial charge >= 0.3 is 0 Å². The van der Waals surface area contributed by atoms with Crippen molar-refractivity contribution in [2.24, 2.45) is 0 Å². The molecular formula is C11H19N3O2. The fourth-order valence-corrected chi connectivity index (χ4v) is 1.33. The third-order valence-electron chi connectivity index (χ3n) is 2.10. The van der Waals surface area contributed by atoms with Crippen LogP contribution in [0.25, 0.3) is 0 Å². The zero-order chi connectivity index (χ0) is 12.2. The molecule has 0 bridgehead atoms. The summed E-state index contributed by atoms with van der Waals surface area (Å²) in [5.41, 5.74) is -0.339. The van der Waals surface area contributed by atoms with E-state index >= 15 is 0 Å². The molecule has 0 aromatic carbocycles. The van der Waals surface area contributed by atoms with Crippen molar-refractivity contribution in [2.75, 3.05) is 6.54 Å². The first-order chi connectivity index (χ1) is 7.38. The van der Waals surface area contributed by atoms with E-state index in [1.54, 1.807) is 0 Å². The number of aromatic amines is 1. The van der Waals surface area contributed by atoms with Crippen LogP contribution in [0.1, 0.15) is 27.2 Å². The first kappa shape index (κ1) is 12.7. The molecule has 90 valence electrons. The van der Waals surface area contributed by atoms with E-state index in [0.29, 0.717) is 6.54 Å². The van der Waals surface area contributed by atoms with Crippen molar-refractivity contribution in [1.82, 2.24) is 15.1 Å². The van der Waals surface area contributed by atoms with Gasteiger partial charge in [0.15, 0.2) is 0 Å². The number of H-pyrrole nitrogens is 1. The van der Waals surface area contributed by atoms with Gasteiger partial charge in [-0.25, -0.2) is 0 Å². The van der Waals surface area contributed by atoms with Gasteiger partial charge in [0.25, 0.3) is 11.1 Å². The Hall–Kier alpha value is -1.36. The quantitative estimate of drug-likeness (QED) is 0.725. The third-order valence-corrected chi connectivity index (χ3v) is 2.10. The van der Waals surface area contributed by atoms with E-state index in [-0.39, 0.29) is 16.7 Å². The minimum absolute atomic E-state index is 0.0784. The van der Waals surface area contributed by atoms with Crippen LogP contribution in [0.2, 0.25) is 0 Å². The van der Waals surface area contributed by atoms with Gasteiger partial charge in [0.2, 0.25) is 0 Å². The molecular weight excluding hydrogens is 206 g/mol. The van der Waals surface area contributed by atoms with E-state index in [1.165, 1.54) is 16.8 Å². The molecule has 1 aromatic heterocycles. The van der Waals surface area contributed by atoms with Gasteiger partial charge in [0.05, 0.1) is 0 Å². The molecule has 0 saturated carbocycles.